The lowest BCUT2D eigenvalue weighted by Crippen LogP contribution is -2.26. The van der Waals surface area contributed by atoms with Gasteiger partial charge in [-0.1, -0.05) is 19.1 Å². The molecule has 0 unspecified atom stereocenters. The van der Waals surface area contributed by atoms with E-state index in [1.165, 1.54) is 12.5 Å². The van der Waals surface area contributed by atoms with E-state index >= 15 is 0 Å². The molecule has 0 aliphatic rings. The van der Waals surface area contributed by atoms with Crippen LogP contribution in [0.15, 0.2) is 35.8 Å². The third kappa shape index (κ3) is 5.21. The highest BCUT2D eigenvalue weighted by molar-refractivity contribution is 6.70. The predicted molar refractivity (Wildman–Crippen MR) is 84.3 cm³/mol. The van der Waals surface area contributed by atoms with E-state index in [0.29, 0.717) is 11.5 Å². The topological polar surface area (TPSA) is 35.5 Å². The van der Waals surface area contributed by atoms with Gasteiger partial charge in [0, 0.05) is 6.92 Å². The van der Waals surface area contributed by atoms with Crippen molar-refractivity contribution >= 4 is 14.1 Å². The summed E-state index contributed by atoms with van der Waals surface area (Å²) in [6, 6.07) is 7.76. The predicted octanol–water partition coefficient (Wildman–Crippen LogP) is 4.30. The normalized spacial score (nSPS) is 12.7. The van der Waals surface area contributed by atoms with Crippen molar-refractivity contribution in [2.24, 2.45) is 0 Å². The molecule has 0 aliphatic heterocycles. The van der Waals surface area contributed by atoms with Crippen LogP contribution in [0.25, 0.3) is 0 Å². The molecule has 1 rings (SSSR count). The van der Waals surface area contributed by atoms with Crippen molar-refractivity contribution < 1.29 is 14.0 Å². The summed E-state index contributed by atoms with van der Waals surface area (Å²) < 4.78 is 11.6. The van der Waals surface area contributed by atoms with E-state index < -0.39 is 8.32 Å². The molecule has 0 radical (unpaired) electrons. The Bertz CT molecular complexity index is 495. The molecule has 110 valence electrons. The minimum Gasteiger partial charge on any atom is -0.545 e. The van der Waals surface area contributed by atoms with Crippen LogP contribution in [-0.2, 0) is 15.6 Å². The highest BCUT2D eigenvalue weighted by atomic mass is 28.4. The molecule has 1 aromatic rings. The Morgan fingerprint density at radius 2 is 1.65 bits per heavy atom. The van der Waals surface area contributed by atoms with Gasteiger partial charge in [0.05, 0.1) is 0 Å². The van der Waals surface area contributed by atoms with Gasteiger partial charge in [0.2, 0.25) is 14.1 Å². The van der Waals surface area contributed by atoms with Crippen LogP contribution < -0.4 is 4.74 Å². The number of hydrogen-bond donors (Lipinski definition) is 0. The van der Waals surface area contributed by atoms with Crippen LogP contribution in [0, 0.1) is 0 Å². The molecule has 0 aliphatic carbocycles. The van der Waals surface area contributed by atoms with Gasteiger partial charge in [-0.2, -0.15) is 0 Å². The van der Waals surface area contributed by atoms with Gasteiger partial charge in [-0.05, 0) is 50.7 Å². The maximum atomic E-state index is 11.8. The molecule has 0 spiro atoms. The zero-order valence-corrected chi connectivity index (χ0v) is 14.2. The summed E-state index contributed by atoms with van der Waals surface area (Å²) in [4.78, 5) is 11.8. The molecule has 0 fully saturated rings. The number of ketones is 1. The van der Waals surface area contributed by atoms with E-state index in [-0.39, 0.29) is 11.5 Å². The highest BCUT2D eigenvalue weighted by Crippen LogP contribution is 2.20. The number of carbonyl (C=O) groups is 1. The van der Waals surface area contributed by atoms with Crippen molar-refractivity contribution in [3.05, 3.63) is 41.3 Å². The molecule has 4 heteroatoms. The minimum atomic E-state index is -1.75. The minimum absolute atomic E-state index is 0.125. The average molecular weight is 292 g/mol. The van der Waals surface area contributed by atoms with Crippen LogP contribution in [0.3, 0.4) is 0 Å². The molecular formula is C16H24O3Si. The van der Waals surface area contributed by atoms with Crippen molar-refractivity contribution in [3.63, 3.8) is 0 Å². The Kier molecular flexibility index (Phi) is 5.57. The molecule has 3 nitrogen and oxygen atoms in total. The van der Waals surface area contributed by atoms with Gasteiger partial charge < -0.3 is 9.16 Å². The molecule has 0 amide bonds. The number of rotatable bonds is 6. The second-order valence-corrected chi connectivity index (χ2v) is 10.2. The van der Waals surface area contributed by atoms with Gasteiger partial charge in [0.25, 0.3) is 0 Å². The zero-order chi connectivity index (χ0) is 15.3. The quantitative estimate of drug-likeness (QED) is 0.445. The molecule has 0 atom stereocenters. The molecule has 0 N–H and O–H groups in total. The Morgan fingerprint density at radius 1 is 1.10 bits per heavy atom. The maximum Gasteiger partial charge on any atom is 0.241 e. The van der Waals surface area contributed by atoms with E-state index in [2.05, 4.69) is 26.6 Å². The van der Waals surface area contributed by atoms with Crippen molar-refractivity contribution in [3.8, 4) is 5.75 Å². The van der Waals surface area contributed by atoms with Gasteiger partial charge in [-0.15, -0.1) is 0 Å². The number of benzene rings is 1. The van der Waals surface area contributed by atoms with Crippen molar-refractivity contribution in [1.82, 2.24) is 0 Å². The van der Waals surface area contributed by atoms with Gasteiger partial charge in [-0.3, -0.25) is 4.79 Å². The fraction of sp³-hybridized carbons (Fsp3) is 0.438. The van der Waals surface area contributed by atoms with Crippen LogP contribution in [0.2, 0.25) is 19.6 Å². The van der Waals surface area contributed by atoms with E-state index in [1.54, 1.807) is 6.92 Å². The fourth-order valence-electron chi connectivity index (χ4n) is 1.81. The molecule has 0 saturated carbocycles. The van der Waals surface area contributed by atoms with E-state index in [0.717, 1.165) is 6.42 Å². The summed E-state index contributed by atoms with van der Waals surface area (Å²) in [5.74, 6) is 1.39. The van der Waals surface area contributed by atoms with Crippen LogP contribution in [-0.4, -0.2) is 14.1 Å². The summed E-state index contributed by atoms with van der Waals surface area (Å²) in [6.07, 6.45) is 0.980. The fourth-order valence-corrected chi connectivity index (χ4v) is 2.82. The van der Waals surface area contributed by atoms with E-state index in [9.17, 15) is 4.79 Å². The van der Waals surface area contributed by atoms with E-state index in [1.807, 2.05) is 24.3 Å². The summed E-state index contributed by atoms with van der Waals surface area (Å²) in [5, 5.41) is 0. The average Bonchev–Trinajstić information content (AvgIpc) is 2.34. The Labute approximate surface area is 122 Å². The molecule has 1 aromatic carbocycles. The molecule has 0 bridgehead atoms. The third-order valence-electron chi connectivity index (χ3n) is 2.65. The summed E-state index contributed by atoms with van der Waals surface area (Å²) in [5.41, 5.74) is 1.24. The SMILES string of the molecule is CCc1ccc(OC(C(C)=O)=C(C)O[Si](C)(C)C)cc1. The number of allylic oxidation sites excluding steroid dienone is 2. The van der Waals surface area contributed by atoms with Crippen molar-refractivity contribution in [1.29, 1.82) is 0 Å². The first-order valence-corrected chi connectivity index (χ1v) is 10.3. The van der Waals surface area contributed by atoms with Gasteiger partial charge in [-0.25, -0.2) is 0 Å². The van der Waals surface area contributed by atoms with Crippen molar-refractivity contribution in [2.45, 2.75) is 46.8 Å². The number of carbonyl (C=O) groups excluding carboxylic acids is 1. The summed E-state index contributed by atoms with van der Waals surface area (Å²) >= 11 is 0. The van der Waals surface area contributed by atoms with Crippen molar-refractivity contribution in [2.75, 3.05) is 0 Å². The van der Waals surface area contributed by atoms with Gasteiger partial charge in [0.15, 0.2) is 5.78 Å². The van der Waals surface area contributed by atoms with Gasteiger partial charge >= 0.3 is 0 Å². The first-order chi connectivity index (χ1) is 9.23. The molecule has 0 aromatic heterocycles. The van der Waals surface area contributed by atoms with Crippen LogP contribution in [0.1, 0.15) is 26.3 Å². The smallest absolute Gasteiger partial charge is 0.241 e. The lowest BCUT2D eigenvalue weighted by Gasteiger charge is -2.21. The first kappa shape index (κ1) is 16.5. The monoisotopic (exact) mass is 292 g/mol. The summed E-state index contributed by atoms with van der Waals surface area (Å²) in [6.45, 7) is 11.6. The second-order valence-electron chi connectivity index (χ2n) is 5.76. The second kappa shape index (κ2) is 6.75. The number of hydrogen-bond acceptors (Lipinski definition) is 3. The Balaban J connectivity index is 2.97. The lowest BCUT2D eigenvalue weighted by molar-refractivity contribution is -0.115. The Hall–Kier alpha value is -1.55. The van der Waals surface area contributed by atoms with Crippen LogP contribution in [0.5, 0.6) is 5.75 Å². The van der Waals surface area contributed by atoms with E-state index in [4.69, 9.17) is 9.16 Å². The Morgan fingerprint density at radius 3 is 2.05 bits per heavy atom. The van der Waals surface area contributed by atoms with Crippen LogP contribution in [0.4, 0.5) is 0 Å². The molecule has 0 heterocycles. The number of Topliss-reactive ketones (excluding diaryl/α,β-unsaturated/α-hetero) is 1. The standard InChI is InChI=1S/C16H24O3Si/c1-7-14-8-10-15(11-9-14)18-16(12(2)17)13(3)19-20(4,5)6/h8-11H,7H2,1-6H3. The largest absolute Gasteiger partial charge is 0.545 e. The zero-order valence-electron chi connectivity index (χ0n) is 13.2. The number of aryl methyl sites for hydroxylation is 1. The van der Waals surface area contributed by atoms with Gasteiger partial charge in [0.1, 0.15) is 11.5 Å². The summed E-state index contributed by atoms with van der Waals surface area (Å²) in [7, 11) is -1.75. The highest BCUT2D eigenvalue weighted by Gasteiger charge is 2.20. The van der Waals surface area contributed by atoms with Crippen LogP contribution >= 0.6 is 0 Å². The molecular weight excluding hydrogens is 268 g/mol. The molecule has 20 heavy (non-hydrogen) atoms. The lowest BCUT2D eigenvalue weighted by atomic mass is 10.2. The third-order valence-corrected chi connectivity index (χ3v) is 3.57. The maximum absolute atomic E-state index is 11.8. The number of ether oxygens (including phenoxy) is 1. The molecule has 0 saturated heterocycles. The first-order valence-electron chi connectivity index (χ1n) is 6.90.